The van der Waals surface area contributed by atoms with E-state index in [1.54, 1.807) is 12.3 Å². The van der Waals surface area contributed by atoms with E-state index in [0.717, 1.165) is 10.9 Å². The van der Waals surface area contributed by atoms with Crippen LogP contribution in [0.4, 0.5) is 0 Å². The number of hydrogen-bond donors (Lipinski definition) is 2. The highest BCUT2D eigenvalue weighted by Gasteiger charge is 2.17. The van der Waals surface area contributed by atoms with Crippen molar-refractivity contribution in [1.29, 1.82) is 0 Å². The summed E-state index contributed by atoms with van der Waals surface area (Å²) in [5.74, 6) is -0.155. The van der Waals surface area contributed by atoms with E-state index in [4.69, 9.17) is 15.0 Å². The lowest BCUT2D eigenvalue weighted by Gasteiger charge is -2.07. The summed E-state index contributed by atoms with van der Waals surface area (Å²) in [5.41, 5.74) is 6.02. The monoisotopic (exact) mass is 340 g/mol. The third-order valence-electron chi connectivity index (χ3n) is 3.52. The Balaban J connectivity index is 1.62. The first-order valence-electron chi connectivity index (χ1n) is 7.56. The van der Waals surface area contributed by atoms with Crippen molar-refractivity contribution in [3.05, 3.63) is 54.0 Å². The van der Waals surface area contributed by atoms with Gasteiger partial charge in [-0.25, -0.2) is 0 Å². The average Bonchev–Trinajstić information content (AvgIpc) is 3.08. The molecule has 0 aliphatic rings. The number of rotatable bonds is 6. The van der Waals surface area contributed by atoms with E-state index in [0.29, 0.717) is 11.5 Å². The normalized spacial score (nSPS) is 11.9. The Morgan fingerprint density at radius 1 is 1.32 bits per heavy atom. The van der Waals surface area contributed by atoms with Crippen molar-refractivity contribution in [3.8, 4) is 5.75 Å². The van der Waals surface area contributed by atoms with Gasteiger partial charge in [-0.15, -0.1) is 0 Å². The van der Waals surface area contributed by atoms with Crippen LogP contribution in [0.5, 0.6) is 5.75 Å². The lowest BCUT2D eigenvalue weighted by molar-refractivity contribution is -0.119. The van der Waals surface area contributed by atoms with Gasteiger partial charge in [0, 0.05) is 17.6 Å². The number of benzene rings is 1. The van der Waals surface area contributed by atoms with E-state index in [-0.39, 0.29) is 12.3 Å². The molecule has 2 aromatic heterocycles. The molecule has 3 aromatic rings. The summed E-state index contributed by atoms with van der Waals surface area (Å²) in [6.07, 6.45) is 1.73. The third kappa shape index (κ3) is 3.92. The number of nitrogens with two attached hydrogens (primary N) is 1. The van der Waals surface area contributed by atoms with Gasteiger partial charge in [0.05, 0.1) is 5.52 Å². The largest absolute Gasteiger partial charge is 0.486 e. The number of pyridine rings is 1. The first-order valence-corrected chi connectivity index (χ1v) is 7.56. The van der Waals surface area contributed by atoms with Crippen LogP contribution in [0.3, 0.4) is 0 Å². The number of ether oxygens (including phenoxy) is 1. The molecule has 3 N–H and O–H groups in total. The van der Waals surface area contributed by atoms with Crippen LogP contribution in [0.1, 0.15) is 23.2 Å². The average molecular weight is 340 g/mol. The van der Waals surface area contributed by atoms with E-state index in [1.165, 1.54) is 13.0 Å². The highest BCUT2D eigenvalue weighted by molar-refractivity contribution is 5.95. The molecule has 2 amide bonds. The van der Waals surface area contributed by atoms with Crippen LogP contribution in [0.15, 0.2) is 47.1 Å². The van der Waals surface area contributed by atoms with E-state index in [1.807, 2.05) is 24.3 Å². The summed E-state index contributed by atoms with van der Waals surface area (Å²) >= 11 is 0. The van der Waals surface area contributed by atoms with E-state index < -0.39 is 17.9 Å². The van der Waals surface area contributed by atoms with Crippen molar-refractivity contribution in [3.63, 3.8) is 0 Å². The second-order valence-electron chi connectivity index (χ2n) is 5.42. The molecule has 0 spiro atoms. The summed E-state index contributed by atoms with van der Waals surface area (Å²) < 4.78 is 10.7. The van der Waals surface area contributed by atoms with Gasteiger partial charge in [0.25, 0.3) is 5.91 Å². The van der Waals surface area contributed by atoms with Crippen molar-refractivity contribution in [2.75, 3.05) is 0 Å². The molecule has 0 saturated carbocycles. The van der Waals surface area contributed by atoms with Crippen LogP contribution in [0.2, 0.25) is 0 Å². The predicted octanol–water partition coefficient (Wildman–Crippen LogP) is 1.41. The summed E-state index contributed by atoms with van der Waals surface area (Å²) in [4.78, 5) is 27.1. The lowest BCUT2D eigenvalue weighted by Crippen LogP contribution is -2.42. The van der Waals surface area contributed by atoms with Crippen molar-refractivity contribution in [2.45, 2.75) is 19.6 Å². The SMILES string of the molecule is C[C@H](NC(=O)c1cc(COc2ccc3ncccc3c2)on1)C(N)=O. The molecule has 1 atom stereocenters. The number of fused-ring (bicyclic) bond motifs is 1. The molecule has 25 heavy (non-hydrogen) atoms. The third-order valence-corrected chi connectivity index (χ3v) is 3.52. The highest BCUT2D eigenvalue weighted by atomic mass is 16.5. The number of carbonyl (C=O) groups excluding carboxylic acids is 2. The van der Waals surface area contributed by atoms with Crippen molar-refractivity contribution < 1.29 is 18.8 Å². The Hall–Kier alpha value is -3.42. The van der Waals surface area contributed by atoms with Crippen LogP contribution >= 0.6 is 0 Å². The van der Waals surface area contributed by atoms with Gasteiger partial charge in [-0.3, -0.25) is 14.6 Å². The summed E-state index contributed by atoms with van der Waals surface area (Å²) in [6.45, 7) is 1.59. The number of primary amides is 1. The molecule has 0 radical (unpaired) electrons. The first-order chi connectivity index (χ1) is 12.0. The van der Waals surface area contributed by atoms with Crippen LogP contribution < -0.4 is 15.8 Å². The minimum Gasteiger partial charge on any atom is -0.486 e. The van der Waals surface area contributed by atoms with E-state index in [9.17, 15) is 9.59 Å². The Morgan fingerprint density at radius 2 is 2.16 bits per heavy atom. The van der Waals surface area contributed by atoms with E-state index >= 15 is 0 Å². The summed E-state index contributed by atoms with van der Waals surface area (Å²) in [7, 11) is 0. The zero-order valence-corrected chi connectivity index (χ0v) is 13.4. The van der Waals surface area contributed by atoms with Gasteiger partial charge in [-0.2, -0.15) is 0 Å². The molecule has 8 nitrogen and oxygen atoms in total. The van der Waals surface area contributed by atoms with E-state index in [2.05, 4.69) is 15.5 Å². The fraction of sp³-hybridized carbons (Fsp3) is 0.176. The molecule has 0 bridgehead atoms. The number of hydrogen-bond acceptors (Lipinski definition) is 6. The molecule has 128 valence electrons. The minimum atomic E-state index is -0.796. The molecule has 3 rings (SSSR count). The second kappa shape index (κ2) is 7.00. The van der Waals surface area contributed by atoms with Crippen LogP contribution in [-0.2, 0) is 11.4 Å². The molecule has 2 heterocycles. The molecule has 0 unspecified atom stereocenters. The zero-order chi connectivity index (χ0) is 17.8. The van der Waals surface area contributed by atoms with Gasteiger partial charge in [-0.05, 0) is 31.2 Å². The Kier molecular flexibility index (Phi) is 4.60. The first kappa shape index (κ1) is 16.4. The Labute approximate surface area is 143 Å². The maximum Gasteiger partial charge on any atom is 0.274 e. The number of amides is 2. The minimum absolute atomic E-state index is 0.0504. The van der Waals surface area contributed by atoms with Crippen LogP contribution in [0, 0.1) is 0 Å². The molecular formula is C17H16N4O4. The smallest absolute Gasteiger partial charge is 0.274 e. The van der Waals surface area contributed by atoms with Gasteiger partial charge in [0.15, 0.2) is 11.5 Å². The standard InChI is InChI=1S/C17H16N4O4/c1-10(16(18)22)20-17(23)15-8-13(25-21-15)9-24-12-4-5-14-11(7-12)3-2-6-19-14/h2-8,10H,9H2,1H3,(H2,18,22)(H,20,23)/t10-/m0/s1. The number of nitrogens with zero attached hydrogens (tertiary/aromatic N) is 2. The summed E-state index contributed by atoms with van der Waals surface area (Å²) in [6, 6.07) is 9.96. The fourth-order valence-electron chi connectivity index (χ4n) is 2.13. The fourth-order valence-corrected chi connectivity index (χ4v) is 2.13. The van der Waals surface area contributed by atoms with Gasteiger partial charge in [0.1, 0.15) is 18.4 Å². The number of aromatic nitrogens is 2. The van der Waals surface area contributed by atoms with Gasteiger partial charge in [0.2, 0.25) is 5.91 Å². The van der Waals surface area contributed by atoms with Crippen molar-refractivity contribution in [1.82, 2.24) is 15.5 Å². The Bertz CT molecular complexity index is 922. The maximum atomic E-state index is 11.9. The molecule has 8 heteroatoms. The highest BCUT2D eigenvalue weighted by Crippen LogP contribution is 2.20. The van der Waals surface area contributed by atoms with Gasteiger partial charge in [-0.1, -0.05) is 11.2 Å². The molecule has 0 aliphatic heterocycles. The van der Waals surface area contributed by atoms with Gasteiger partial charge < -0.3 is 20.3 Å². The molecule has 0 saturated heterocycles. The topological polar surface area (TPSA) is 120 Å². The molecule has 0 fully saturated rings. The lowest BCUT2D eigenvalue weighted by atomic mass is 10.2. The summed E-state index contributed by atoms with van der Waals surface area (Å²) in [5, 5.41) is 7.04. The quantitative estimate of drug-likeness (QED) is 0.700. The Morgan fingerprint density at radius 3 is 2.96 bits per heavy atom. The van der Waals surface area contributed by atoms with Crippen LogP contribution in [0.25, 0.3) is 10.9 Å². The molecule has 1 aromatic carbocycles. The molecular weight excluding hydrogens is 324 g/mol. The second-order valence-corrected chi connectivity index (χ2v) is 5.42. The number of nitrogens with one attached hydrogen (secondary N) is 1. The van der Waals surface area contributed by atoms with Crippen molar-refractivity contribution >= 4 is 22.7 Å². The molecule has 0 aliphatic carbocycles. The maximum absolute atomic E-state index is 11.9. The zero-order valence-electron chi connectivity index (χ0n) is 13.4. The number of carbonyl (C=O) groups is 2. The predicted molar refractivity (Wildman–Crippen MR) is 88.7 cm³/mol. The van der Waals surface area contributed by atoms with Crippen molar-refractivity contribution in [2.24, 2.45) is 5.73 Å². The van der Waals surface area contributed by atoms with Crippen LogP contribution in [-0.4, -0.2) is 28.0 Å². The van der Waals surface area contributed by atoms with Gasteiger partial charge >= 0.3 is 0 Å².